The monoisotopic (exact) mass is 345 g/mol. The molecule has 122 valence electrons. The van der Waals surface area contributed by atoms with Crippen molar-refractivity contribution in [2.75, 3.05) is 0 Å². The highest BCUT2D eigenvalue weighted by molar-refractivity contribution is 6.31. The molecule has 0 saturated carbocycles. The van der Waals surface area contributed by atoms with Gasteiger partial charge in [0.25, 0.3) is 0 Å². The molecule has 4 rings (SSSR count). The molecular formula is C22H16ClNO. The molecule has 0 aliphatic heterocycles. The summed E-state index contributed by atoms with van der Waals surface area (Å²) in [6, 6.07) is 25.7. The van der Waals surface area contributed by atoms with Crippen LogP contribution in [0, 0.1) is 6.92 Å². The van der Waals surface area contributed by atoms with Gasteiger partial charge < -0.3 is 4.42 Å². The smallest absolute Gasteiger partial charge is 0.136 e. The third kappa shape index (κ3) is 3.35. The molecule has 3 heteroatoms. The first kappa shape index (κ1) is 15.7. The van der Waals surface area contributed by atoms with E-state index in [4.69, 9.17) is 21.0 Å². The second-order valence-corrected chi connectivity index (χ2v) is 6.39. The standard InChI is InChI=1S/C22H16ClNO/c1-15-7-10-18(11-8-15)24-20-14-22(16-5-3-2-4-6-16)25-21-12-9-17(23)13-19(20)21/h2-14H,1H3. The molecule has 0 aliphatic rings. The number of fused-ring (bicyclic) bond motifs is 1. The highest BCUT2D eigenvalue weighted by Gasteiger charge is 2.06. The molecule has 25 heavy (non-hydrogen) atoms. The average molecular weight is 346 g/mol. The fourth-order valence-electron chi connectivity index (χ4n) is 2.74. The molecule has 1 heterocycles. The van der Waals surface area contributed by atoms with Crippen LogP contribution in [0.4, 0.5) is 5.69 Å². The van der Waals surface area contributed by atoms with Gasteiger partial charge in [-0.05, 0) is 37.3 Å². The van der Waals surface area contributed by atoms with E-state index in [2.05, 4.69) is 19.1 Å². The van der Waals surface area contributed by atoms with Gasteiger partial charge in [-0.1, -0.05) is 59.6 Å². The van der Waals surface area contributed by atoms with Gasteiger partial charge in [0.05, 0.1) is 11.0 Å². The molecule has 4 aromatic rings. The number of hydrogen-bond acceptors (Lipinski definition) is 2. The Morgan fingerprint density at radius 1 is 0.840 bits per heavy atom. The molecular weight excluding hydrogens is 330 g/mol. The maximum atomic E-state index is 6.19. The molecule has 0 amide bonds. The molecule has 0 saturated heterocycles. The van der Waals surface area contributed by atoms with E-state index in [0.29, 0.717) is 5.02 Å². The summed E-state index contributed by atoms with van der Waals surface area (Å²) in [6.07, 6.45) is 0. The van der Waals surface area contributed by atoms with Gasteiger partial charge in [-0.2, -0.15) is 0 Å². The van der Waals surface area contributed by atoms with Crippen LogP contribution in [0.25, 0.3) is 22.3 Å². The minimum absolute atomic E-state index is 0.663. The van der Waals surface area contributed by atoms with Crippen LogP contribution in [-0.4, -0.2) is 0 Å². The molecule has 0 aliphatic carbocycles. The van der Waals surface area contributed by atoms with Crippen LogP contribution in [0.5, 0.6) is 0 Å². The first-order valence-corrected chi connectivity index (χ1v) is 8.47. The number of rotatable bonds is 2. The fourth-order valence-corrected chi connectivity index (χ4v) is 2.91. The number of nitrogens with zero attached hydrogens (tertiary/aromatic N) is 1. The van der Waals surface area contributed by atoms with Gasteiger partial charge in [0, 0.05) is 22.0 Å². The van der Waals surface area contributed by atoms with Crippen molar-refractivity contribution in [3.05, 3.63) is 94.8 Å². The van der Waals surface area contributed by atoms with Crippen LogP contribution in [0.15, 0.2) is 88.3 Å². The predicted octanol–water partition coefficient (Wildman–Crippen LogP) is 6.29. The first-order valence-electron chi connectivity index (χ1n) is 8.09. The SMILES string of the molecule is Cc1ccc(N=c2cc(-c3ccccc3)oc3ccc(Cl)cc23)cc1. The van der Waals surface area contributed by atoms with Gasteiger partial charge in [0.1, 0.15) is 11.3 Å². The van der Waals surface area contributed by atoms with Gasteiger partial charge in [-0.25, -0.2) is 4.99 Å². The van der Waals surface area contributed by atoms with E-state index in [1.165, 1.54) is 5.56 Å². The number of hydrogen-bond donors (Lipinski definition) is 0. The number of halogens is 1. The zero-order valence-corrected chi connectivity index (χ0v) is 14.5. The molecule has 0 N–H and O–H groups in total. The summed E-state index contributed by atoms with van der Waals surface area (Å²) in [7, 11) is 0. The Kier molecular flexibility index (Phi) is 4.12. The van der Waals surface area contributed by atoms with Crippen molar-refractivity contribution in [2.24, 2.45) is 4.99 Å². The van der Waals surface area contributed by atoms with E-state index in [0.717, 1.165) is 33.3 Å². The Balaban J connectivity index is 2.00. The van der Waals surface area contributed by atoms with Crippen molar-refractivity contribution < 1.29 is 4.42 Å². The lowest BCUT2D eigenvalue weighted by Crippen LogP contribution is -2.03. The molecule has 0 spiro atoms. The summed E-state index contributed by atoms with van der Waals surface area (Å²) in [5, 5.41) is 2.40. The summed E-state index contributed by atoms with van der Waals surface area (Å²) in [4.78, 5) is 4.82. The molecule has 3 aromatic carbocycles. The van der Waals surface area contributed by atoms with Crippen LogP contribution in [0.3, 0.4) is 0 Å². The third-order valence-corrected chi connectivity index (χ3v) is 4.28. The minimum Gasteiger partial charge on any atom is -0.456 e. The minimum atomic E-state index is 0.663. The molecule has 0 unspecified atom stereocenters. The lowest BCUT2D eigenvalue weighted by molar-refractivity contribution is 0.618. The second-order valence-electron chi connectivity index (χ2n) is 5.95. The van der Waals surface area contributed by atoms with Crippen LogP contribution in [0.2, 0.25) is 5.02 Å². The van der Waals surface area contributed by atoms with Crippen molar-refractivity contribution in [1.82, 2.24) is 0 Å². The third-order valence-electron chi connectivity index (χ3n) is 4.05. The van der Waals surface area contributed by atoms with E-state index in [1.807, 2.05) is 66.7 Å². The summed E-state index contributed by atoms with van der Waals surface area (Å²) < 4.78 is 6.08. The highest BCUT2D eigenvalue weighted by atomic mass is 35.5. The van der Waals surface area contributed by atoms with Gasteiger partial charge in [-0.15, -0.1) is 0 Å². The van der Waals surface area contributed by atoms with Gasteiger partial charge in [-0.3, -0.25) is 0 Å². The van der Waals surface area contributed by atoms with Crippen molar-refractivity contribution in [3.8, 4) is 11.3 Å². The molecule has 0 fully saturated rings. The van der Waals surface area contributed by atoms with E-state index in [9.17, 15) is 0 Å². The predicted molar refractivity (Wildman–Crippen MR) is 103 cm³/mol. The Morgan fingerprint density at radius 2 is 1.60 bits per heavy atom. The number of aryl methyl sites for hydroxylation is 1. The maximum absolute atomic E-state index is 6.19. The van der Waals surface area contributed by atoms with Crippen molar-refractivity contribution in [2.45, 2.75) is 6.92 Å². The zero-order chi connectivity index (χ0) is 17.2. The van der Waals surface area contributed by atoms with Gasteiger partial charge >= 0.3 is 0 Å². The topological polar surface area (TPSA) is 25.5 Å². The van der Waals surface area contributed by atoms with Gasteiger partial charge in [0.15, 0.2) is 0 Å². The fraction of sp³-hybridized carbons (Fsp3) is 0.0455. The summed E-state index contributed by atoms with van der Waals surface area (Å²) >= 11 is 6.19. The first-order chi connectivity index (χ1) is 12.2. The lowest BCUT2D eigenvalue weighted by Gasteiger charge is -2.05. The van der Waals surface area contributed by atoms with E-state index in [1.54, 1.807) is 0 Å². The quantitative estimate of drug-likeness (QED) is 0.419. The van der Waals surface area contributed by atoms with Crippen LogP contribution in [0.1, 0.15) is 5.56 Å². The van der Waals surface area contributed by atoms with Crippen molar-refractivity contribution in [1.29, 1.82) is 0 Å². The van der Waals surface area contributed by atoms with Gasteiger partial charge in [0.2, 0.25) is 0 Å². The molecule has 2 nitrogen and oxygen atoms in total. The molecule has 0 radical (unpaired) electrons. The van der Waals surface area contributed by atoms with Crippen molar-refractivity contribution in [3.63, 3.8) is 0 Å². The van der Waals surface area contributed by atoms with E-state index in [-0.39, 0.29) is 0 Å². The summed E-state index contributed by atoms with van der Waals surface area (Å²) in [6.45, 7) is 2.06. The molecule has 0 atom stereocenters. The van der Waals surface area contributed by atoms with Crippen molar-refractivity contribution >= 4 is 28.3 Å². The van der Waals surface area contributed by atoms with Crippen LogP contribution < -0.4 is 5.36 Å². The zero-order valence-electron chi connectivity index (χ0n) is 13.7. The normalized spacial score (nSPS) is 11.8. The lowest BCUT2D eigenvalue weighted by atomic mass is 10.1. The molecule has 0 bridgehead atoms. The largest absolute Gasteiger partial charge is 0.456 e. The molecule has 1 aromatic heterocycles. The second kappa shape index (κ2) is 6.58. The highest BCUT2D eigenvalue weighted by Crippen LogP contribution is 2.24. The summed E-state index contributed by atoms with van der Waals surface area (Å²) in [5.74, 6) is 0.779. The van der Waals surface area contributed by atoms with Crippen LogP contribution in [-0.2, 0) is 0 Å². The number of benzene rings is 3. The maximum Gasteiger partial charge on any atom is 0.136 e. The van der Waals surface area contributed by atoms with E-state index < -0.39 is 0 Å². The summed E-state index contributed by atoms with van der Waals surface area (Å²) in [5.41, 5.74) is 3.88. The Labute approximate surface area is 151 Å². The Bertz CT molecular complexity index is 1100. The Morgan fingerprint density at radius 3 is 2.36 bits per heavy atom. The average Bonchev–Trinajstić information content (AvgIpc) is 2.64. The Hall–Kier alpha value is -2.84. The van der Waals surface area contributed by atoms with E-state index >= 15 is 0 Å². The van der Waals surface area contributed by atoms with Crippen LogP contribution >= 0.6 is 11.6 Å².